The Bertz CT molecular complexity index is 1020. The molecule has 1 atom stereocenters. The molecular formula is C23H25N5O2S. The second-order valence-corrected chi connectivity index (χ2v) is 8.82. The number of ether oxygens (including phenoxy) is 1. The number of hydrogen-bond donors (Lipinski definition) is 1. The summed E-state index contributed by atoms with van der Waals surface area (Å²) in [6, 6.07) is 20.3. The van der Waals surface area contributed by atoms with Crippen molar-refractivity contribution in [2.24, 2.45) is 0 Å². The van der Waals surface area contributed by atoms with Gasteiger partial charge in [-0.25, -0.2) is 0 Å². The van der Waals surface area contributed by atoms with Crippen LogP contribution in [-0.2, 0) is 9.53 Å². The lowest BCUT2D eigenvalue weighted by molar-refractivity contribution is -0.120. The molecule has 7 nitrogen and oxygen atoms in total. The molecule has 0 spiro atoms. The number of anilines is 1. The molecule has 8 heteroatoms. The van der Waals surface area contributed by atoms with Gasteiger partial charge in [-0.3, -0.25) is 9.36 Å². The molecule has 2 aromatic carbocycles. The molecule has 0 unspecified atom stereocenters. The number of nitrogens with one attached hydrogen (secondary N) is 1. The van der Waals surface area contributed by atoms with Crippen LogP contribution in [0.15, 0.2) is 65.8 Å². The maximum atomic E-state index is 13.1. The van der Waals surface area contributed by atoms with E-state index in [1.165, 1.54) is 11.8 Å². The molecule has 0 radical (unpaired) electrons. The maximum absolute atomic E-state index is 13.1. The van der Waals surface area contributed by atoms with E-state index in [4.69, 9.17) is 4.74 Å². The first-order valence-electron chi connectivity index (χ1n) is 10.6. The van der Waals surface area contributed by atoms with Gasteiger partial charge >= 0.3 is 0 Å². The molecule has 1 saturated carbocycles. The zero-order valence-corrected chi connectivity index (χ0v) is 18.0. The van der Waals surface area contributed by atoms with Crippen molar-refractivity contribution < 1.29 is 9.53 Å². The number of para-hydroxylation sites is 1. The molecule has 2 aliphatic rings. The Morgan fingerprint density at radius 2 is 1.68 bits per heavy atom. The molecular weight excluding hydrogens is 410 g/mol. The Balaban J connectivity index is 1.51. The molecule has 5 rings (SSSR count). The fourth-order valence-electron chi connectivity index (χ4n) is 3.62. The SMILES string of the molecule is O=C(NC1CC1)[C@H](Sc1nnc(N2CCOCC2)n1-c1ccccc1)c1ccccc1. The van der Waals surface area contributed by atoms with Crippen molar-refractivity contribution in [2.45, 2.75) is 29.3 Å². The highest BCUT2D eigenvalue weighted by Gasteiger charge is 2.31. The fraction of sp³-hybridized carbons (Fsp3) is 0.348. The van der Waals surface area contributed by atoms with Crippen molar-refractivity contribution in [3.63, 3.8) is 0 Å². The predicted molar refractivity (Wildman–Crippen MR) is 121 cm³/mol. The largest absolute Gasteiger partial charge is 0.378 e. The second kappa shape index (κ2) is 9.11. The van der Waals surface area contributed by atoms with E-state index in [2.05, 4.69) is 25.0 Å². The lowest BCUT2D eigenvalue weighted by Gasteiger charge is -2.28. The lowest BCUT2D eigenvalue weighted by Crippen LogP contribution is -2.38. The van der Waals surface area contributed by atoms with Crippen LogP contribution in [-0.4, -0.2) is 53.0 Å². The number of nitrogens with zero attached hydrogens (tertiary/aromatic N) is 4. The number of thioether (sulfide) groups is 1. The summed E-state index contributed by atoms with van der Waals surface area (Å²) in [6.07, 6.45) is 2.11. The Morgan fingerprint density at radius 3 is 2.35 bits per heavy atom. The minimum atomic E-state index is -0.397. The number of rotatable bonds is 7. The molecule has 1 aliphatic heterocycles. The third kappa shape index (κ3) is 4.60. The van der Waals surface area contributed by atoms with Crippen molar-refractivity contribution in [2.75, 3.05) is 31.2 Å². The third-order valence-corrected chi connectivity index (χ3v) is 6.61. The molecule has 160 valence electrons. The van der Waals surface area contributed by atoms with Crippen LogP contribution >= 0.6 is 11.8 Å². The molecule has 3 aromatic rings. The van der Waals surface area contributed by atoms with Crippen LogP contribution in [0.2, 0.25) is 0 Å². The van der Waals surface area contributed by atoms with Crippen LogP contribution in [0.25, 0.3) is 5.69 Å². The topological polar surface area (TPSA) is 72.3 Å². The van der Waals surface area contributed by atoms with Crippen LogP contribution in [0.4, 0.5) is 5.95 Å². The summed E-state index contributed by atoms with van der Waals surface area (Å²) >= 11 is 1.45. The van der Waals surface area contributed by atoms with Gasteiger partial charge in [0.15, 0.2) is 5.16 Å². The average Bonchev–Trinajstić information content (AvgIpc) is 3.54. The third-order valence-electron chi connectivity index (χ3n) is 5.41. The number of hydrogen-bond acceptors (Lipinski definition) is 6. The highest BCUT2D eigenvalue weighted by Crippen LogP contribution is 2.38. The first-order chi connectivity index (χ1) is 15.3. The summed E-state index contributed by atoms with van der Waals surface area (Å²) < 4.78 is 7.56. The van der Waals surface area contributed by atoms with E-state index in [1.807, 2.05) is 60.7 Å². The van der Waals surface area contributed by atoms with E-state index in [-0.39, 0.29) is 5.91 Å². The summed E-state index contributed by atoms with van der Waals surface area (Å²) in [5.74, 6) is 0.806. The van der Waals surface area contributed by atoms with Crippen LogP contribution in [0.5, 0.6) is 0 Å². The van der Waals surface area contributed by atoms with E-state index in [0.29, 0.717) is 24.4 Å². The minimum Gasteiger partial charge on any atom is -0.378 e. The van der Waals surface area contributed by atoms with Gasteiger partial charge in [0.2, 0.25) is 11.9 Å². The molecule has 31 heavy (non-hydrogen) atoms. The number of carbonyl (C=O) groups is 1. The van der Waals surface area contributed by atoms with Crippen molar-refractivity contribution in [1.82, 2.24) is 20.1 Å². The number of carbonyl (C=O) groups excluding carboxylic acids is 1. The van der Waals surface area contributed by atoms with E-state index < -0.39 is 5.25 Å². The quantitative estimate of drug-likeness (QED) is 0.575. The Labute approximate surface area is 185 Å². The monoisotopic (exact) mass is 435 g/mol. The van der Waals surface area contributed by atoms with Gasteiger partial charge in [0.1, 0.15) is 5.25 Å². The van der Waals surface area contributed by atoms with E-state index in [0.717, 1.165) is 43.1 Å². The van der Waals surface area contributed by atoms with Gasteiger partial charge < -0.3 is 15.0 Å². The first-order valence-corrected chi connectivity index (χ1v) is 11.5. The zero-order chi connectivity index (χ0) is 21.0. The van der Waals surface area contributed by atoms with E-state index in [9.17, 15) is 4.79 Å². The number of morpholine rings is 1. The zero-order valence-electron chi connectivity index (χ0n) is 17.2. The van der Waals surface area contributed by atoms with Gasteiger partial charge in [0.05, 0.1) is 18.9 Å². The fourth-order valence-corrected chi connectivity index (χ4v) is 4.68. The molecule has 1 N–H and O–H groups in total. The lowest BCUT2D eigenvalue weighted by atomic mass is 10.1. The Kier molecular flexibility index (Phi) is 5.90. The van der Waals surface area contributed by atoms with Gasteiger partial charge in [-0.05, 0) is 30.5 Å². The van der Waals surface area contributed by atoms with Gasteiger partial charge in [0.25, 0.3) is 0 Å². The van der Waals surface area contributed by atoms with Gasteiger partial charge in [-0.15, -0.1) is 10.2 Å². The molecule has 0 bridgehead atoms. The van der Waals surface area contributed by atoms with Crippen molar-refractivity contribution in [1.29, 1.82) is 0 Å². The average molecular weight is 436 g/mol. The van der Waals surface area contributed by atoms with Crippen molar-refractivity contribution in [3.05, 3.63) is 66.2 Å². The molecule has 1 saturated heterocycles. The Morgan fingerprint density at radius 1 is 1.00 bits per heavy atom. The number of benzene rings is 2. The van der Waals surface area contributed by atoms with Crippen LogP contribution < -0.4 is 10.2 Å². The van der Waals surface area contributed by atoms with Crippen LogP contribution in [0.3, 0.4) is 0 Å². The molecule has 1 aromatic heterocycles. The molecule has 2 fully saturated rings. The highest BCUT2D eigenvalue weighted by atomic mass is 32.2. The number of amides is 1. The summed E-state index contributed by atoms with van der Waals surface area (Å²) in [5.41, 5.74) is 1.94. The molecule has 1 aliphatic carbocycles. The summed E-state index contributed by atoms with van der Waals surface area (Å²) in [6.45, 7) is 2.86. The molecule has 2 heterocycles. The molecule has 1 amide bonds. The predicted octanol–water partition coefficient (Wildman–Crippen LogP) is 3.22. The highest BCUT2D eigenvalue weighted by molar-refractivity contribution is 8.00. The van der Waals surface area contributed by atoms with Gasteiger partial charge in [-0.2, -0.15) is 0 Å². The van der Waals surface area contributed by atoms with Crippen LogP contribution in [0.1, 0.15) is 23.7 Å². The maximum Gasteiger partial charge on any atom is 0.238 e. The van der Waals surface area contributed by atoms with Crippen molar-refractivity contribution >= 4 is 23.6 Å². The normalized spacial score (nSPS) is 17.4. The van der Waals surface area contributed by atoms with E-state index >= 15 is 0 Å². The van der Waals surface area contributed by atoms with E-state index in [1.54, 1.807) is 0 Å². The smallest absolute Gasteiger partial charge is 0.238 e. The van der Waals surface area contributed by atoms with Crippen molar-refractivity contribution in [3.8, 4) is 5.69 Å². The number of aromatic nitrogens is 3. The second-order valence-electron chi connectivity index (χ2n) is 7.74. The van der Waals surface area contributed by atoms with Gasteiger partial charge in [0, 0.05) is 19.1 Å². The Hall–Kier alpha value is -2.84. The summed E-state index contributed by atoms with van der Waals surface area (Å²) in [7, 11) is 0. The standard InChI is InChI=1S/C23H25N5O2S/c29-21(24-18-11-12-18)20(17-7-3-1-4-8-17)31-23-26-25-22(27-13-15-30-16-14-27)28(23)19-9-5-2-6-10-19/h1-10,18,20H,11-16H2,(H,24,29)/t20-/m1/s1. The first kappa shape index (κ1) is 20.1. The van der Waals surface area contributed by atoms with Crippen LogP contribution in [0, 0.1) is 0 Å². The summed E-state index contributed by atoms with van der Waals surface area (Å²) in [4.78, 5) is 15.3. The van der Waals surface area contributed by atoms with Gasteiger partial charge in [-0.1, -0.05) is 60.3 Å². The minimum absolute atomic E-state index is 0.0224. The summed E-state index contributed by atoms with van der Waals surface area (Å²) in [5, 5.41) is 12.5.